The number of rotatable bonds is 2. The first-order valence-corrected chi connectivity index (χ1v) is 6.34. The van der Waals surface area contributed by atoms with Crippen LogP contribution in [0.3, 0.4) is 0 Å². The van der Waals surface area contributed by atoms with Crippen molar-refractivity contribution in [2.75, 3.05) is 33.7 Å². The molecule has 0 N–H and O–H groups in total. The molecule has 5 heteroatoms. The zero-order chi connectivity index (χ0) is 13.9. The summed E-state index contributed by atoms with van der Waals surface area (Å²) in [4.78, 5) is 27.3. The van der Waals surface area contributed by atoms with Crippen molar-refractivity contribution >= 4 is 11.9 Å². The smallest absolute Gasteiger partial charge is 0.410 e. The van der Waals surface area contributed by atoms with Crippen LogP contribution in [0.5, 0.6) is 0 Å². The Kier molecular flexibility index (Phi) is 4.73. The van der Waals surface area contributed by atoms with E-state index < -0.39 is 5.60 Å². The molecule has 0 aromatic rings. The maximum Gasteiger partial charge on any atom is 0.410 e. The molecule has 0 radical (unpaired) electrons. The summed E-state index contributed by atoms with van der Waals surface area (Å²) in [5.74, 6) is 0.143. The molecule has 0 spiro atoms. The van der Waals surface area contributed by atoms with E-state index in [1.54, 1.807) is 4.90 Å². The van der Waals surface area contributed by atoms with Crippen molar-refractivity contribution in [2.45, 2.75) is 32.8 Å². The second-order valence-corrected chi connectivity index (χ2v) is 6.10. The molecule has 1 fully saturated rings. The number of piperidine rings is 1. The van der Waals surface area contributed by atoms with Crippen LogP contribution in [0.15, 0.2) is 0 Å². The van der Waals surface area contributed by atoms with Crippen molar-refractivity contribution in [3.63, 3.8) is 0 Å². The van der Waals surface area contributed by atoms with Crippen LogP contribution in [0.25, 0.3) is 0 Å². The SMILES string of the molecule is CN(C)CC1CN(C(=O)OC(C)(C)C)CCC1=O. The molecule has 0 aromatic carbocycles. The highest BCUT2D eigenvalue weighted by Gasteiger charge is 2.32. The molecule has 1 aliphatic heterocycles. The fraction of sp³-hybridized carbons (Fsp3) is 0.846. The highest BCUT2D eigenvalue weighted by molar-refractivity contribution is 5.84. The minimum absolute atomic E-state index is 0.0960. The highest BCUT2D eigenvalue weighted by atomic mass is 16.6. The fourth-order valence-electron chi connectivity index (χ4n) is 2.00. The molecule has 1 atom stereocenters. The summed E-state index contributed by atoms with van der Waals surface area (Å²) in [5, 5.41) is 0. The second kappa shape index (κ2) is 5.69. The Balaban J connectivity index is 2.58. The third kappa shape index (κ3) is 4.64. The number of likely N-dealkylation sites (tertiary alicyclic amines) is 1. The lowest BCUT2D eigenvalue weighted by molar-refractivity contribution is -0.126. The predicted molar refractivity (Wildman–Crippen MR) is 69.5 cm³/mol. The Hall–Kier alpha value is -1.10. The Bertz CT molecular complexity index is 321. The van der Waals surface area contributed by atoms with Gasteiger partial charge >= 0.3 is 6.09 Å². The Labute approximate surface area is 109 Å². The minimum atomic E-state index is -0.490. The van der Waals surface area contributed by atoms with Crippen LogP contribution in [0.4, 0.5) is 4.79 Å². The van der Waals surface area contributed by atoms with Crippen molar-refractivity contribution < 1.29 is 14.3 Å². The largest absolute Gasteiger partial charge is 0.444 e. The molecule has 104 valence electrons. The average Bonchev–Trinajstić information content (AvgIpc) is 2.17. The molecule has 1 saturated heterocycles. The van der Waals surface area contributed by atoms with E-state index in [2.05, 4.69) is 0 Å². The van der Waals surface area contributed by atoms with Gasteiger partial charge < -0.3 is 14.5 Å². The van der Waals surface area contributed by atoms with Crippen molar-refractivity contribution in [2.24, 2.45) is 5.92 Å². The standard InChI is InChI=1S/C13H24N2O3/c1-13(2,3)18-12(17)15-7-6-11(16)10(9-15)8-14(4)5/h10H,6-9H2,1-5H3. The van der Waals surface area contributed by atoms with E-state index >= 15 is 0 Å². The summed E-state index contributed by atoms with van der Waals surface area (Å²) in [7, 11) is 3.86. The summed E-state index contributed by atoms with van der Waals surface area (Å²) in [5.41, 5.74) is -0.490. The lowest BCUT2D eigenvalue weighted by atomic mass is 9.96. The first kappa shape index (κ1) is 15.0. The van der Waals surface area contributed by atoms with E-state index in [1.165, 1.54) is 0 Å². The topological polar surface area (TPSA) is 49.9 Å². The number of Topliss-reactive ketones (excluding diaryl/α,β-unsaturated/α-hetero) is 1. The Morgan fingerprint density at radius 2 is 2.06 bits per heavy atom. The summed E-state index contributed by atoms with van der Waals surface area (Å²) in [6.07, 6.45) is 0.108. The molecule has 1 amide bonds. The summed E-state index contributed by atoms with van der Waals surface area (Å²) in [6, 6.07) is 0. The molecular weight excluding hydrogens is 232 g/mol. The molecule has 18 heavy (non-hydrogen) atoms. The lowest BCUT2D eigenvalue weighted by Gasteiger charge is -2.34. The van der Waals surface area contributed by atoms with Gasteiger partial charge in [-0.1, -0.05) is 0 Å². The van der Waals surface area contributed by atoms with Crippen molar-refractivity contribution in [3.8, 4) is 0 Å². The van der Waals surface area contributed by atoms with Gasteiger partial charge in [0.15, 0.2) is 0 Å². The molecule has 0 bridgehead atoms. The second-order valence-electron chi connectivity index (χ2n) is 6.10. The molecular formula is C13H24N2O3. The fourth-order valence-corrected chi connectivity index (χ4v) is 2.00. The summed E-state index contributed by atoms with van der Waals surface area (Å²) >= 11 is 0. The maximum atomic E-state index is 11.9. The zero-order valence-electron chi connectivity index (χ0n) is 12.0. The van der Waals surface area contributed by atoms with E-state index in [0.29, 0.717) is 26.1 Å². The maximum absolute atomic E-state index is 11.9. The van der Waals surface area contributed by atoms with Gasteiger partial charge in [-0.25, -0.2) is 4.79 Å². The Morgan fingerprint density at radius 1 is 1.44 bits per heavy atom. The lowest BCUT2D eigenvalue weighted by Crippen LogP contribution is -2.48. The van der Waals surface area contributed by atoms with Crippen LogP contribution >= 0.6 is 0 Å². The summed E-state index contributed by atoms with van der Waals surface area (Å²) in [6.45, 7) is 7.15. The van der Waals surface area contributed by atoms with E-state index in [9.17, 15) is 9.59 Å². The van der Waals surface area contributed by atoms with Gasteiger partial charge in [-0.05, 0) is 34.9 Å². The van der Waals surface area contributed by atoms with Crippen LogP contribution in [0.1, 0.15) is 27.2 Å². The summed E-state index contributed by atoms with van der Waals surface area (Å²) < 4.78 is 5.33. The molecule has 1 heterocycles. The number of ketones is 1. The first-order chi connectivity index (χ1) is 8.19. The zero-order valence-corrected chi connectivity index (χ0v) is 12.0. The predicted octanol–water partition coefficient (Wildman–Crippen LogP) is 1.37. The van der Waals surface area contributed by atoms with Gasteiger partial charge in [-0.15, -0.1) is 0 Å². The molecule has 0 saturated carbocycles. The number of carbonyl (C=O) groups excluding carboxylic acids is 2. The van der Waals surface area contributed by atoms with E-state index in [4.69, 9.17) is 4.74 Å². The normalized spacial score (nSPS) is 21.3. The third-order valence-electron chi connectivity index (χ3n) is 2.76. The van der Waals surface area contributed by atoms with Gasteiger partial charge in [0, 0.05) is 32.0 Å². The van der Waals surface area contributed by atoms with Gasteiger partial charge in [0.05, 0.1) is 0 Å². The van der Waals surface area contributed by atoms with Gasteiger partial charge in [0.2, 0.25) is 0 Å². The molecule has 0 aromatic heterocycles. The van der Waals surface area contributed by atoms with Gasteiger partial charge in [0.1, 0.15) is 11.4 Å². The van der Waals surface area contributed by atoms with Crippen LogP contribution in [0, 0.1) is 5.92 Å². The van der Waals surface area contributed by atoms with Gasteiger partial charge in [-0.3, -0.25) is 4.79 Å². The van der Waals surface area contributed by atoms with Crippen molar-refractivity contribution in [1.82, 2.24) is 9.80 Å². The van der Waals surface area contributed by atoms with Crippen LogP contribution in [-0.2, 0) is 9.53 Å². The van der Waals surface area contributed by atoms with Crippen LogP contribution in [0.2, 0.25) is 0 Å². The van der Waals surface area contributed by atoms with Gasteiger partial charge in [-0.2, -0.15) is 0 Å². The number of hydrogen-bond acceptors (Lipinski definition) is 4. The molecule has 1 aliphatic rings. The van der Waals surface area contributed by atoms with E-state index in [-0.39, 0.29) is 17.8 Å². The van der Waals surface area contributed by atoms with Crippen molar-refractivity contribution in [3.05, 3.63) is 0 Å². The van der Waals surface area contributed by atoms with Crippen LogP contribution < -0.4 is 0 Å². The average molecular weight is 256 g/mol. The molecule has 1 unspecified atom stereocenters. The number of carbonyl (C=O) groups is 2. The number of hydrogen-bond donors (Lipinski definition) is 0. The first-order valence-electron chi connectivity index (χ1n) is 6.34. The minimum Gasteiger partial charge on any atom is -0.444 e. The van der Waals surface area contributed by atoms with Gasteiger partial charge in [0.25, 0.3) is 0 Å². The van der Waals surface area contributed by atoms with Crippen molar-refractivity contribution in [1.29, 1.82) is 0 Å². The Morgan fingerprint density at radius 3 is 2.56 bits per heavy atom. The highest BCUT2D eigenvalue weighted by Crippen LogP contribution is 2.17. The molecule has 1 rings (SSSR count). The number of nitrogens with zero attached hydrogens (tertiary/aromatic N) is 2. The van der Waals surface area contributed by atoms with E-state index in [0.717, 1.165) is 0 Å². The third-order valence-corrected chi connectivity index (χ3v) is 2.76. The quantitative estimate of drug-likeness (QED) is 0.749. The number of ether oxygens (including phenoxy) is 1. The van der Waals surface area contributed by atoms with Crippen LogP contribution in [-0.4, -0.2) is 61.0 Å². The monoisotopic (exact) mass is 256 g/mol. The number of amides is 1. The molecule has 5 nitrogen and oxygen atoms in total. The van der Waals surface area contributed by atoms with E-state index in [1.807, 2.05) is 39.8 Å². The molecule has 0 aliphatic carbocycles.